The molecule has 0 bridgehead atoms. The predicted octanol–water partition coefficient (Wildman–Crippen LogP) is 0.409. The van der Waals surface area contributed by atoms with Gasteiger partial charge in [0.15, 0.2) is 5.82 Å². The second-order valence-electron chi connectivity index (χ2n) is 4.67. The quantitative estimate of drug-likeness (QED) is 0.824. The molecule has 20 heavy (non-hydrogen) atoms. The molecule has 1 amide bonds. The number of nitrogens with one attached hydrogen (secondary N) is 1. The maximum Gasteiger partial charge on any atom is 0.253 e. The van der Waals surface area contributed by atoms with Gasteiger partial charge in [-0.3, -0.25) is 4.79 Å². The Morgan fingerprint density at radius 3 is 2.80 bits per heavy atom. The molecule has 7 nitrogen and oxygen atoms in total. The molecule has 2 unspecified atom stereocenters. The minimum Gasteiger partial charge on any atom is -0.396 e. The molecule has 0 aliphatic carbocycles. The van der Waals surface area contributed by atoms with Gasteiger partial charge in [0.2, 0.25) is 0 Å². The molecule has 2 N–H and O–H groups in total. The van der Waals surface area contributed by atoms with Gasteiger partial charge in [0.05, 0.1) is 5.56 Å². The van der Waals surface area contributed by atoms with Crippen LogP contribution in [0.1, 0.15) is 24.2 Å². The van der Waals surface area contributed by atoms with Gasteiger partial charge in [-0.15, -0.1) is 0 Å². The van der Waals surface area contributed by atoms with Crippen molar-refractivity contribution in [3.63, 3.8) is 0 Å². The molecule has 0 aliphatic heterocycles. The van der Waals surface area contributed by atoms with Crippen molar-refractivity contribution in [2.75, 3.05) is 6.61 Å². The molecule has 2 rings (SSSR count). The highest BCUT2D eigenvalue weighted by molar-refractivity contribution is 5.94. The molecule has 2 aromatic heterocycles. The average Bonchev–Trinajstić information content (AvgIpc) is 3.00. The van der Waals surface area contributed by atoms with Crippen LogP contribution in [0.5, 0.6) is 0 Å². The Bertz CT molecular complexity index is 553. The molecule has 7 heteroatoms. The fourth-order valence-electron chi connectivity index (χ4n) is 1.57. The van der Waals surface area contributed by atoms with Crippen LogP contribution in [0.2, 0.25) is 0 Å². The van der Waals surface area contributed by atoms with Gasteiger partial charge in [0, 0.05) is 18.8 Å². The number of hydrogen-bond acceptors (Lipinski definition) is 5. The summed E-state index contributed by atoms with van der Waals surface area (Å²) in [6.07, 6.45) is 4.44. The monoisotopic (exact) mass is 275 g/mol. The van der Waals surface area contributed by atoms with E-state index in [1.807, 2.05) is 13.8 Å². The van der Waals surface area contributed by atoms with Crippen LogP contribution in [-0.2, 0) is 0 Å². The summed E-state index contributed by atoms with van der Waals surface area (Å²) in [7, 11) is 0. The lowest BCUT2D eigenvalue weighted by Gasteiger charge is -2.19. The van der Waals surface area contributed by atoms with Crippen molar-refractivity contribution in [2.24, 2.45) is 5.92 Å². The summed E-state index contributed by atoms with van der Waals surface area (Å²) in [4.78, 5) is 20.0. The van der Waals surface area contributed by atoms with Crippen LogP contribution in [0.15, 0.2) is 31.0 Å². The first kappa shape index (κ1) is 14.1. The number of hydrogen-bond donors (Lipinski definition) is 2. The molecular weight excluding hydrogens is 258 g/mol. The smallest absolute Gasteiger partial charge is 0.253 e. The van der Waals surface area contributed by atoms with Crippen LogP contribution in [0, 0.1) is 5.92 Å². The van der Waals surface area contributed by atoms with E-state index in [0.29, 0.717) is 11.4 Å². The summed E-state index contributed by atoms with van der Waals surface area (Å²) in [6.45, 7) is 3.76. The summed E-state index contributed by atoms with van der Waals surface area (Å²) in [5.41, 5.74) is 0.464. The van der Waals surface area contributed by atoms with E-state index in [0.717, 1.165) is 0 Å². The number of carbonyl (C=O) groups excluding carboxylic acids is 1. The summed E-state index contributed by atoms with van der Waals surface area (Å²) in [6, 6.07) is 3.27. The largest absolute Gasteiger partial charge is 0.396 e. The van der Waals surface area contributed by atoms with Crippen molar-refractivity contribution in [3.05, 3.63) is 36.5 Å². The molecule has 2 aromatic rings. The van der Waals surface area contributed by atoms with E-state index in [-0.39, 0.29) is 24.5 Å². The van der Waals surface area contributed by atoms with E-state index in [1.165, 1.54) is 23.5 Å². The molecule has 0 saturated carbocycles. The summed E-state index contributed by atoms with van der Waals surface area (Å²) in [5, 5.41) is 15.8. The lowest BCUT2D eigenvalue weighted by molar-refractivity contribution is 0.0916. The zero-order valence-electron chi connectivity index (χ0n) is 11.4. The maximum atomic E-state index is 12.0. The van der Waals surface area contributed by atoms with Gasteiger partial charge in [-0.2, -0.15) is 5.10 Å². The number of aliphatic hydroxyl groups excluding tert-OH is 1. The van der Waals surface area contributed by atoms with E-state index in [1.54, 1.807) is 12.1 Å². The first-order valence-corrected chi connectivity index (χ1v) is 6.34. The van der Waals surface area contributed by atoms with Crippen molar-refractivity contribution >= 4 is 5.91 Å². The molecular formula is C13H17N5O2. The summed E-state index contributed by atoms with van der Waals surface area (Å²) >= 11 is 0. The Balaban J connectivity index is 2.04. The highest BCUT2D eigenvalue weighted by atomic mass is 16.3. The second kappa shape index (κ2) is 6.25. The Hall–Kier alpha value is -2.28. The van der Waals surface area contributed by atoms with Crippen molar-refractivity contribution in [2.45, 2.75) is 19.9 Å². The topological polar surface area (TPSA) is 92.9 Å². The van der Waals surface area contributed by atoms with E-state index in [4.69, 9.17) is 5.11 Å². The number of pyridine rings is 1. The van der Waals surface area contributed by atoms with Gasteiger partial charge in [0.1, 0.15) is 12.7 Å². The van der Waals surface area contributed by atoms with E-state index in [2.05, 4.69) is 20.4 Å². The number of aliphatic hydroxyl groups is 1. The number of rotatable bonds is 5. The number of amides is 1. The minimum atomic E-state index is -0.213. The fraction of sp³-hybridized carbons (Fsp3) is 0.385. The third kappa shape index (κ3) is 3.18. The summed E-state index contributed by atoms with van der Waals surface area (Å²) in [5.74, 6) is 0.382. The molecule has 106 valence electrons. The molecule has 0 spiro atoms. The third-order valence-corrected chi connectivity index (χ3v) is 3.16. The standard InChI is InChI=1S/C13H17N5O2/c1-9(6-19)10(2)17-13(20)11-3-4-12(15-5-11)18-8-14-7-16-18/h3-5,7-10,19H,6H2,1-2H3,(H,17,20). The van der Waals surface area contributed by atoms with Crippen LogP contribution in [0.25, 0.3) is 5.82 Å². The molecule has 0 fully saturated rings. The van der Waals surface area contributed by atoms with E-state index in [9.17, 15) is 4.79 Å². The van der Waals surface area contributed by atoms with Gasteiger partial charge in [-0.25, -0.2) is 14.6 Å². The molecule has 0 aliphatic rings. The first-order chi connectivity index (χ1) is 9.61. The van der Waals surface area contributed by atoms with Gasteiger partial charge in [0.25, 0.3) is 5.91 Å². The van der Waals surface area contributed by atoms with Crippen LogP contribution < -0.4 is 5.32 Å². The normalized spacial score (nSPS) is 13.8. The van der Waals surface area contributed by atoms with E-state index >= 15 is 0 Å². The van der Waals surface area contributed by atoms with Crippen molar-refractivity contribution in [3.8, 4) is 5.82 Å². The second-order valence-corrected chi connectivity index (χ2v) is 4.67. The first-order valence-electron chi connectivity index (χ1n) is 6.34. The molecule has 2 atom stereocenters. The lowest BCUT2D eigenvalue weighted by Crippen LogP contribution is -2.38. The highest BCUT2D eigenvalue weighted by Gasteiger charge is 2.15. The lowest BCUT2D eigenvalue weighted by atomic mass is 10.0. The molecule has 0 saturated heterocycles. The Morgan fingerprint density at radius 2 is 2.25 bits per heavy atom. The fourth-order valence-corrected chi connectivity index (χ4v) is 1.57. The third-order valence-electron chi connectivity index (χ3n) is 3.16. The highest BCUT2D eigenvalue weighted by Crippen LogP contribution is 2.06. The zero-order valence-corrected chi connectivity index (χ0v) is 11.4. The van der Waals surface area contributed by atoms with Gasteiger partial charge in [-0.1, -0.05) is 6.92 Å². The zero-order chi connectivity index (χ0) is 14.5. The molecule has 2 heterocycles. The van der Waals surface area contributed by atoms with Crippen molar-refractivity contribution < 1.29 is 9.90 Å². The van der Waals surface area contributed by atoms with Crippen LogP contribution in [0.4, 0.5) is 0 Å². The van der Waals surface area contributed by atoms with Crippen molar-refractivity contribution in [1.29, 1.82) is 0 Å². The van der Waals surface area contributed by atoms with Gasteiger partial charge < -0.3 is 10.4 Å². The maximum absolute atomic E-state index is 12.0. The number of aromatic nitrogens is 4. The average molecular weight is 275 g/mol. The van der Waals surface area contributed by atoms with Crippen LogP contribution in [0.3, 0.4) is 0 Å². The number of carbonyl (C=O) groups is 1. The Morgan fingerprint density at radius 1 is 1.45 bits per heavy atom. The van der Waals surface area contributed by atoms with Gasteiger partial charge >= 0.3 is 0 Å². The van der Waals surface area contributed by atoms with Crippen LogP contribution >= 0.6 is 0 Å². The van der Waals surface area contributed by atoms with Crippen LogP contribution in [-0.4, -0.2) is 43.4 Å². The molecule has 0 radical (unpaired) electrons. The molecule has 0 aromatic carbocycles. The van der Waals surface area contributed by atoms with E-state index < -0.39 is 0 Å². The SMILES string of the molecule is CC(CO)C(C)NC(=O)c1ccc(-n2cncn2)nc1. The summed E-state index contributed by atoms with van der Waals surface area (Å²) < 4.78 is 1.51. The Labute approximate surface area is 116 Å². The predicted molar refractivity (Wildman–Crippen MR) is 72.3 cm³/mol. The minimum absolute atomic E-state index is 0.00123. The van der Waals surface area contributed by atoms with Gasteiger partial charge in [-0.05, 0) is 25.0 Å². The Kier molecular flexibility index (Phi) is 4.41. The van der Waals surface area contributed by atoms with Crippen molar-refractivity contribution in [1.82, 2.24) is 25.1 Å². The number of nitrogens with zero attached hydrogens (tertiary/aromatic N) is 4.